The maximum Gasteiger partial charge on any atom is 0.0887 e. The van der Waals surface area contributed by atoms with Crippen LogP contribution < -0.4 is 0 Å². The highest BCUT2D eigenvalue weighted by atomic mass is 16.5. The number of aliphatic hydroxyl groups excluding tert-OH is 1. The fourth-order valence-electron chi connectivity index (χ4n) is 1.83. The quantitative estimate of drug-likeness (QED) is 0.813. The van der Waals surface area contributed by atoms with Crippen molar-refractivity contribution in [1.82, 2.24) is 9.78 Å². The molecule has 0 spiro atoms. The minimum absolute atomic E-state index is 0.399. The number of aromatic nitrogens is 2. The molecule has 0 fully saturated rings. The van der Waals surface area contributed by atoms with E-state index in [0.29, 0.717) is 19.1 Å². The van der Waals surface area contributed by atoms with Gasteiger partial charge in [0.05, 0.1) is 17.4 Å². The van der Waals surface area contributed by atoms with Gasteiger partial charge in [0.1, 0.15) is 0 Å². The highest BCUT2D eigenvalue weighted by Gasteiger charge is 2.28. The maximum atomic E-state index is 10.2. The van der Waals surface area contributed by atoms with Crippen LogP contribution >= 0.6 is 0 Å². The summed E-state index contributed by atoms with van der Waals surface area (Å²) in [6.07, 6.45) is 3.01. The third-order valence-electron chi connectivity index (χ3n) is 3.43. The van der Waals surface area contributed by atoms with Gasteiger partial charge in [0, 0.05) is 25.3 Å². The van der Waals surface area contributed by atoms with Crippen LogP contribution in [0.2, 0.25) is 0 Å². The molecule has 0 aliphatic heterocycles. The van der Waals surface area contributed by atoms with Gasteiger partial charge in [0.15, 0.2) is 0 Å². The Labute approximate surface area is 110 Å². The van der Waals surface area contributed by atoms with Crippen molar-refractivity contribution in [2.24, 2.45) is 0 Å². The van der Waals surface area contributed by atoms with E-state index in [0.717, 1.165) is 12.1 Å². The fraction of sp³-hybridized carbons (Fsp3) is 0.786. The maximum absolute atomic E-state index is 10.2. The van der Waals surface area contributed by atoms with Gasteiger partial charge >= 0.3 is 0 Å². The van der Waals surface area contributed by atoms with Gasteiger partial charge in [-0.05, 0) is 40.2 Å². The molecule has 1 rings (SSSR count). The van der Waals surface area contributed by atoms with Crippen molar-refractivity contribution in [2.45, 2.75) is 65.2 Å². The Hall–Kier alpha value is -0.870. The molecule has 18 heavy (non-hydrogen) atoms. The van der Waals surface area contributed by atoms with E-state index in [1.807, 2.05) is 37.7 Å². The predicted octanol–water partition coefficient (Wildman–Crippen LogP) is 2.57. The molecule has 0 aliphatic carbocycles. The van der Waals surface area contributed by atoms with Crippen LogP contribution in [0, 0.1) is 0 Å². The molecular weight excluding hydrogens is 228 g/mol. The second-order valence-corrected chi connectivity index (χ2v) is 5.30. The van der Waals surface area contributed by atoms with Crippen LogP contribution in [-0.2, 0) is 11.2 Å². The van der Waals surface area contributed by atoms with Gasteiger partial charge < -0.3 is 9.84 Å². The first kappa shape index (κ1) is 15.2. The van der Waals surface area contributed by atoms with E-state index in [1.54, 1.807) is 0 Å². The molecular formula is C14H26N2O2. The van der Waals surface area contributed by atoms with Crippen molar-refractivity contribution in [1.29, 1.82) is 0 Å². The van der Waals surface area contributed by atoms with Gasteiger partial charge in [0.25, 0.3) is 0 Å². The number of nitrogens with zero attached hydrogens (tertiary/aromatic N) is 2. The molecule has 0 radical (unpaired) electrons. The molecule has 0 saturated heterocycles. The molecule has 1 aromatic rings. The second kappa shape index (κ2) is 6.34. The second-order valence-electron chi connectivity index (χ2n) is 5.30. The summed E-state index contributed by atoms with van der Waals surface area (Å²) in [5.74, 6) is 0. The summed E-state index contributed by atoms with van der Waals surface area (Å²) in [5.41, 5.74) is 0.380. The highest BCUT2D eigenvalue weighted by molar-refractivity contribution is 5.03. The van der Waals surface area contributed by atoms with Crippen LogP contribution in [0.15, 0.2) is 12.3 Å². The predicted molar refractivity (Wildman–Crippen MR) is 72.6 cm³/mol. The summed E-state index contributed by atoms with van der Waals surface area (Å²) in [4.78, 5) is 0. The van der Waals surface area contributed by atoms with Gasteiger partial charge in [-0.1, -0.05) is 6.92 Å². The number of aliphatic hydroxyl groups is 1. The van der Waals surface area contributed by atoms with Crippen LogP contribution in [0.1, 0.15) is 52.8 Å². The average Bonchev–Trinajstić information content (AvgIpc) is 2.76. The zero-order valence-corrected chi connectivity index (χ0v) is 12.2. The SMILES string of the molecule is CCOC(C)(C)C(O)Cc1ccn(C(C)CC)n1. The van der Waals surface area contributed by atoms with Gasteiger partial charge in [0.2, 0.25) is 0 Å². The number of hydrogen-bond donors (Lipinski definition) is 1. The molecule has 0 aromatic carbocycles. The Morgan fingerprint density at radius 2 is 2.11 bits per heavy atom. The van der Waals surface area contributed by atoms with Gasteiger partial charge in [-0.3, -0.25) is 4.68 Å². The van der Waals surface area contributed by atoms with E-state index in [1.165, 1.54) is 0 Å². The summed E-state index contributed by atoms with van der Waals surface area (Å²) in [6, 6.07) is 2.37. The lowest BCUT2D eigenvalue weighted by molar-refractivity contribution is -0.0958. The lowest BCUT2D eigenvalue weighted by Gasteiger charge is -2.29. The van der Waals surface area contributed by atoms with Crippen molar-refractivity contribution in [3.8, 4) is 0 Å². The number of hydrogen-bond acceptors (Lipinski definition) is 3. The van der Waals surface area contributed by atoms with E-state index < -0.39 is 11.7 Å². The molecule has 0 bridgehead atoms. The third kappa shape index (κ3) is 3.82. The zero-order chi connectivity index (χ0) is 13.8. The summed E-state index contributed by atoms with van der Waals surface area (Å²) in [5, 5.41) is 14.7. The minimum Gasteiger partial charge on any atom is -0.390 e. The van der Waals surface area contributed by atoms with Crippen molar-refractivity contribution < 1.29 is 9.84 Å². The van der Waals surface area contributed by atoms with Crippen molar-refractivity contribution in [2.75, 3.05) is 6.61 Å². The standard InChI is InChI=1S/C14H26N2O2/c1-6-11(3)16-9-8-12(15-16)10-13(17)14(4,5)18-7-2/h8-9,11,13,17H,6-7,10H2,1-5H3. The molecule has 2 unspecified atom stereocenters. The van der Waals surface area contributed by atoms with E-state index in [9.17, 15) is 5.11 Å². The van der Waals surface area contributed by atoms with Crippen molar-refractivity contribution in [3.63, 3.8) is 0 Å². The molecule has 0 aliphatic rings. The van der Waals surface area contributed by atoms with Crippen LogP contribution in [0.25, 0.3) is 0 Å². The zero-order valence-electron chi connectivity index (χ0n) is 12.2. The van der Waals surface area contributed by atoms with Gasteiger partial charge in [-0.15, -0.1) is 0 Å². The van der Waals surface area contributed by atoms with E-state index in [4.69, 9.17) is 4.74 Å². The van der Waals surface area contributed by atoms with Gasteiger partial charge in [-0.25, -0.2) is 0 Å². The average molecular weight is 254 g/mol. The summed E-state index contributed by atoms with van der Waals surface area (Å²) < 4.78 is 7.51. The Kier molecular flexibility index (Phi) is 5.35. The smallest absolute Gasteiger partial charge is 0.0887 e. The number of rotatable bonds is 7. The Balaban J connectivity index is 2.64. The normalized spacial score (nSPS) is 15.7. The first-order chi connectivity index (χ1) is 8.40. The van der Waals surface area contributed by atoms with Crippen molar-refractivity contribution in [3.05, 3.63) is 18.0 Å². The highest BCUT2D eigenvalue weighted by Crippen LogP contribution is 2.19. The molecule has 104 valence electrons. The first-order valence-corrected chi connectivity index (χ1v) is 6.76. The largest absolute Gasteiger partial charge is 0.390 e. The molecule has 0 amide bonds. The third-order valence-corrected chi connectivity index (χ3v) is 3.43. The molecule has 1 aromatic heterocycles. The van der Waals surface area contributed by atoms with E-state index >= 15 is 0 Å². The molecule has 1 heterocycles. The van der Waals surface area contributed by atoms with Crippen LogP contribution in [0.3, 0.4) is 0 Å². The molecule has 4 nitrogen and oxygen atoms in total. The topological polar surface area (TPSA) is 47.3 Å². The number of ether oxygens (including phenoxy) is 1. The summed E-state index contributed by atoms with van der Waals surface area (Å²) in [6.45, 7) is 10.6. The van der Waals surface area contributed by atoms with Crippen LogP contribution in [0.4, 0.5) is 0 Å². The molecule has 0 saturated carbocycles. The minimum atomic E-state index is -0.544. The monoisotopic (exact) mass is 254 g/mol. The Bertz CT molecular complexity index is 360. The van der Waals surface area contributed by atoms with E-state index in [-0.39, 0.29) is 0 Å². The first-order valence-electron chi connectivity index (χ1n) is 6.76. The molecule has 2 atom stereocenters. The van der Waals surface area contributed by atoms with Crippen LogP contribution in [-0.4, -0.2) is 33.2 Å². The molecule has 1 N–H and O–H groups in total. The van der Waals surface area contributed by atoms with Gasteiger partial charge in [-0.2, -0.15) is 5.10 Å². The molecule has 4 heteroatoms. The van der Waals surface area contributed by atoms with Crippen LogP contribution in [0.5, 0.6) is 0 Å². The lowest BCUT2D eigenvalue weighted by atomic mass is 9.97. The fourth-order valence-corrected chi connectivity index (χ4v) is 1.83. The lowest BCUT2D eigenvalue weighted by Crippen LogP contribution is -2.40. The summed E-state index contributed by atoms with van der Waals surface area (Å²) in [7, 11) is 0. The summed E-state index contributed by atoms with van der Waals surface area (Å²) >= 11 is 0. The Morgan fingerprint density at radius 3 is 2.67 bits per heavy atom. The van der Waals surface area contributed by atoms with Crippen molar-refractivity contribution >= 4 is 0 Å². The Morgan fingerprint density at radius 1 is 1.44 bits per heavy atom. The van der Waals surface area contributed by atoms with E-state index in [2.05, 4.69) is 18.9 Å².